The predicted octanol–water partition coefficient (Wildman–Crippen LogP) is 6.43. The van der Waals surface area contributed by atoms with Crippen LogP contribution in [0.4, 0.5) is 0 Å². The average molecular weight is 679 g/mol. The molecular weight excluding hydrogens is 641 g/mol. The summed E-state index contributed by atoms with van der Waals surface area (Å²) in [5, 5.41) is 0. The Morgan fingerprint density at radius 1 is 0.744 bits per heavy atom. The van der Waals surface area contributed by atoms with Gasteiger partial charge in [-0.1, -0.05) is 48.9 Å². The van der Waals surface area contributed by atoms with Crippen molar-refractivity contribution in [2.45, 2.75) is 70.9 Å². The monoisotopic (exact) mass is 678 g/mol. The summed E-state index contributed by atoms with van der Waals surface area (Å²) in [5.41, 5.74) is -0.563. The molecule has 4 atom stereocenters. The van der Waals surface area contributed by atoms with Crippen LogP contribution >= 0.6 is 72.4 Å². The topological polar surface area (TPSA) is 40.6 Å². The summed E-state index contributed by atoms with van der Waals surface area (Å²) in [5.74, 6) is 5.09. The van der Waals surface area contributed by atoms with Gasteiger partial charge >= 0.3 is 0 Å². The molecule has 0 amide bonds. The SMILES string of the molecule is CC(C)(CCS(=O)CCCS(=O)CCC(C)(C)N1C(=S)C=C2SCCC2C1=S)N1C(=S)C=C2SCCC2C1=S. The van der Waals surface area contributed by atoms with Crippen molar-refractivity contribution in [3.63, 3.8) is 0 Å². The van der Waals surface area contributed by atoms with Crippen molar-refractivity contribution in [2.24, 2.45) is 11.8 Å². The Morgan fingerprint density at radius 2 is 1.13 bits per heavy atom. The molecule has 4 unspecified atom stereocenters. The molecule has 0 aromatic heterocycles. The van der Waals surface area contributed by atoms with Crippen LogP contribution in [0.15, 0.2) is 22.0 Å². The fraction of sp³-hybridized carbons (Fsp3) is 0.704. The maximum atomic E-state index is 12.9. The zero-order valence-corrected chi connectivity index (χ0v) is 29.6. The van der Waals surface area contributed by atoms with Crippen LogP contribution in [0.3, 0.4) is 0 Å². The van der Waals surface area contributed by atoms with Gasteiger partial charge in [-0.2, -0.15) is 0 Å². The second-order valence-corrected chi connectivity index (χ2v) is 19.1. The van der Waals surface area contributed by atoms with Crippen LogP contribution in [0, 0.1) is 11.8 Å². The van der Waals surface area contributed by atoms with E-state index in [1.54, 1.807) is 0 Å². The minimum Gasteiger partial charge on any atom is -0.321 e. The van der Waals surface area contributed by atoms with E-state index in [2.05, 4.69) is 49.6 Å². The van der Waals surface area contributed by atoms with Crippen molar-refractivity contribution >= 4 is 114 Å². The molecule has 0 aliphatic carbocycles. The lowest BCUT2D eigenvalue weighted by molar-refractivity contribution is 0.299. The number of thiocarbonyl (C=S) groups is 4. The molecule has 4 aliphatic rings. The van der Waals surface area contributed by atoms with Gasteiger partial charge < -0.3 is 9.80 Å². The molecule has 0 radical (unpaired) electrons. The van der Waals surface area contributed by atoms with Gasteiger partial charge in [-0.05, 0) is 93.3 Å². The average Bonchev–Trinajstić information content (AvgIpc) is 3.51. The van der Waals surface area contributed by atoms with Gasteiger partial charge in [0.25, 0.3) is 0 Å². The van der Waals surface area contributed by atoms with Crippen molar-refractivity contribution in [3.05, 3.63) is 22.0 Å². The number of nitrogens with zero attached hydrogens (tertiary/aromatic N) is 2. The molecule has 4 heterocycles. The van der Waals surface area contributed by atoms with Crippen LogP contribution in [0.2, 0.25) is 0 Å². The summed E-state index contributed by atoms with van der Waals surface area (Å²) in [6.07, 6.45) is 8.53. The molecule has 0 spiro atoms. The zero-order chi connectivity index (χ0) is 28.5. The van der Waals surface area contributed by atoms with Crippen LogP contribution in [0.5, 0.6) is 0 Å². The Morgan fingerprint density at radius 3 is 1.51 bits per heavy atom. The van der Waals surface area contributed by atoms with Crippen LogP contribution < -0.4 is 0 Å². The molecule has 0 aromatic rings. The van der Waals surface area contributed by atoms with Gasteiger partial charge in [-0.15, -0.1) is 23.5 Å². The third-order valence-electron chi connectivity index (χ3n) is 7.88. The maximum Gasteiger partial charge on any atom is 0.108 e. The van der Waals surface area contributed by atoms with E-state index in [0.29, 0.717) is 41.3 Å². The van der Waals surface area contributed by atoms with Gasteiger partial charge in [-0.3, -0.25) is 8.42 Å². The molecular formula is C27H38N2O2S8. The summed E-state index contributed by atoms with van der Waals surface area (Å²) < 4.78 is 25.7. The summed E-state index contributed by atoms with van der Waals surface area (Å²) in [6.45, 7) is 8.56. The molecule has 2 saturated heterocycles. The third kappa shape index (κ3) is 7.51. The zero-order valence-electron chi connectivity index (χ0n) is 23.1. The van der Waals surface area contributed by atoms with E-state index >= 15 is 0 Å². The molecule has 12 heteroatoms. The van der Waals surface area contributed by atoms with E-state index < -0.39 is 21.6 Å². The largest absolute Gasteiger partial charge is 0.321 e. The van der Waals surface area contributed by atoms with Crippen molar-refractivity contribution < 1.29 is 8.42 Å². The molecule has 0 saturated carbocycles. The van der Waals surface area contributed by atoms with E-state index in [0.717, 1.165) is 57.1 Å². The van der Waals surface area contributed by atoms with Gasteiger partial charge in [0, 0.05) is 67.5 Å². The molecule has 0 N–H and O–H groups in total. The molecule has 39 heavy (non-hydrogen) atoms. The highest BCUT2D eigenvalue weighted by Crippen LogP contribution is 2.44. The van der Waals surface area contributed by atoms with Crippen molar-refractivity contribution in [1.82, 2.24) is 9.80 Å². The highest BCUT2D eigenvalue weighted by Gasteiger charge is 2.42. The second-order valence-electron chi connectivity index (χ2n) is 11.7. The number of rotatable bonds is 12. The molecule has 216 valence electrons. The Hall–Kier alpha value is 0.440. The predicted molar refractivity (Wildman–Crippen MR) is 189 cm³/mol. The normalized spacial score (nSPS) is 25.4. The summed E-state index contributed by atoms with van der Waals surface area (Å²) in [7, 11) is -1.94. The van der Waals surface area contributed by atoms with Gasteiger partial charge in [0.05, 0.1) is 9.98 Å². The van der Waals surface area contributed by atoms with E-state index in [9.17, 15) is 8.42 Å². The van der Waals surface area contributed by atoms with E-state index in [1.807, 2.05) is 23.5 Å². The molecule has 0 aromatic carbocycles. The number of hydrogen-bond acceptors (Lipinski definition) is 8. The Labute approximate surface area is 269 Å². The van der Waals surface area contributed by atoms with E-state index in [-0.39, 0.29) is 11.1 Å². The minimum atomic E-state index is -0.970. The maximum absolute atomic E-state index is 12.9. The van der Waals surface area contributed by atoms with Crippen LogP contribution in [0.1, 0.15) is 59.8 Å². The van der Waals surface area contributed by atoms with Gasteiger partial charge in [0.1, 0.15) is 9.98 Å². The van der Waals surface area contributed by atoms with Crippen molar-refractivity contribution in [1.29, 1.82) is 0 Å². The molecule has 4 rings (SSSR count). The first-order valence-electron chi connectivity index (χ1n) is 13.5. The molecule has 2 fully saturated rings. The standard InChI is InChI=1S/C27H38N2O2S8/c1-26(2,28-22(32)16-20-18(24(28)34)6-10-36-20)8-14-38(30)12-5-13-39(31)15-9-27(3,4)29-23(33)17-21-19(25(29)35)7-11-37-21/h16-19H,5-15H2,1-4H3. The van der Waals surface area contributed by atoms with Crippen LogP contribution in [0.25, 0.3) is 0 Å². The number of hydrogen-bond donors (Lipinski definition) is 0. The molecule has 4 aliphatic heterocycles. The Kier molecular flexibility index (Phi) is 11.1. The van der Waals surface area contributed by atoms with Crippen molar-refractivity contribution in [2.75, 3.05) is 34.5 Å². The Bertz CT molecular complexity index is 1070. The fourth-order valence-electron chi connectivity index (χ4n) is 5.48. The van der Waals surface area contributed by atoms with Gasteiger partial charge in [0.2, 0.25) is 0 Å². The summed E-state index contributed by atoms with van der Waals surface area (Å²) in [4.78, 5) is 10.2. The quantitative estimate of drug-likeness (QED) is 0.216. The minimum absolute atomic E-state index is 0.281. The first-order valence-corrected chi connectivity index (χ1v) is 20.0. The summed E-state index contributed by atoms with van der Waals surface area (Å²) >= 11 is 26.8. The first kappa shape index (κ1) is 32.4. The highest BCUT2D eigenvalue weighted by atomic mass is 32.2. The van der Waals surface area contributed by atoms with E-state index in [1.165, 1.54) is 9.81 Å². The summed E-state index contributed by atoms with van der Waals surface area (Å²) in [6, 6.07) is 0. The number of thioether (sulfide) groups is 2. The molecule has 0 bridgehead atoms. The van der Waals surface area contributed by atoms with Crippen molar-refractivity contribution in [3.8, 4) is 0 Å². The van der Waals surface area contributed by atoms with Crippen LogP contribution in [-0.4, -0.2) is 83.8 Å². The van der Waals surface area contributed by atoms with Gasteiger partial charge in [0.15, 0.2) is 0 Å². The van der Waals surface area contributed by atoms with E-state index in [4.69, 9.17) is 48.9 Å². The van der Waals surface area contributed by atoms with Crippen LogP contribution in [-0.2, 0) is 21.6 Å². The second kappa shape index (κ2) is 13.4. The Balaban J connectivity index is 1.19. The lowest BCUT2D eigenvalue weighted by Gasteiger charge is -2.44. The molecule has 4 nitrogen and oxygen atoms in total. The lowest BCUT2D eigenvalue weighted by Crippen LogP contribution is -2.53. The first-order chi connectivity index (χ1) is 18.3. The lowest BCUT2D eigenvalue weighted by atomic mass is 9.93. The van der Waals surface area contributed by atoms with Gasteiger partial charge in [-0.25, -0.2) is 0 Å². The number of fused-ring (bicyclic) bond motifs is 2. The highest BCUT2D eigenvalue weighted by molar-refractivity contribution is 8.03. The fourth-order valence-corrected chi connectivity index (χ4v) is 13.4. The third-order valence-corrected chi connectivity index (χ3v) is 14.6. The smallest absolute Gasteiger partial charge is 0.108 e.